The van der Waals surface area contributed by atoms with Crippen LogP contribution in [0.2, 0.25) is 0 Å². The van der Waals surface area contributed by atoms with Gasteiger partial charge in [0.15, 0.2) is 5.76 Å². The van der Waals surface area contributed by atoms with Crippen LogP contribution in [0, 0.1) is 0 Å². The van der Waals surface area contributed by atoms with Crippen molar-refractivity contribution in [3.63, 3.8) is 0 Å². The van der Waals surface area contributed by atoms with Crippen molar-refractivity contribution in [1.82, 2.24) is 10.6 Å². The van der Waals surface area contributed by atoms with Crippen LogP contribution in [0.15, 0.2) is 83.5 Å². The number of hydrogen-bond acceptors (Lipinski definition) is 3. The summed E-state index contributed by atoms with van der Waals surface area (Å²) in [5.74, 6) is -0.412. The van der Waals surface area contributed by atoms with E-state index in [4.69, 9.17) is 4.42 Å². The van der Waals surface area contributed by atoms with Crippen molar-refractivity contribution < 1.29 is 14.0 Å². The molecule has 1 heterocycles. The molecule has 0 bridgehead atoms. The lowest BCUT2D eigenvalue weighted by Gasteiger charge is -2.21. The fourth-order valence-corrected chi connectivity index (χ4v) is 3.14. The van der Waals surface area contributed by atoms with Crippen LogP contribution in [0.5, 0.6) is 0 Å². The largest absolute Gasteiger partial charge is 0.459 e. The summed E-state index contributed by atoms with van der Waals surface area (Å²) in [6, 6.07) is 22.3. The molecule has 150 valence electrons. The molecular formula is C24H26N2O3. The number of hydrogen-bond donors (Lipinski definition) is 2. The van der Waals surface area contributed by atoms with E-state index in [0.717, 1.165) is 18.4 Å². The van der Waals surface area contributed by atoms with Crippen LogP contribution < -0.4 is 10.6 Å². The normalized spacial score (nSPS) is 12.7. The fourth-order valence-electron chi connectivity index (χ4n) is 3.14. The maximum absolute atomic E-state index is 12.9. The average Bonchev–Trinajstić information content (AvgIpc) is 3.28. The number of aryl methyl sites for hydroxylation is 1. The first-order chi connectivity index (χ1) is 14.1. The Bertz CT molecular complexity index is 892. The molecule has 0 radical (unpaired) electrons. The smallest absolute Gasteiger partial charge is 0.287 e. The standard InChI is InChI=1S/C24H26N2O3/c1-18(14-15-19-9-4-2-5-10-19)25-23(27)21(17-20-11-6-3-7-12-20)26-24(28)22-13-8-16-29-22/h2-13,16,18,21H,14-15,17H2,1H3,(H,25,27)(H,26,28). The van der Waals surface area contributed by atoms with E-state index in [1.54, 1.807) is 12.1 Å². The van der Waals surface area contributed by atoms with E-state index in [0.29, 0.717) is 6.42 Å². The topological polar surface area (TPSA) is 71.3 Å². The Balaban J connectivity index is 1.62. The fraction of sp³-hybridized carbons (Fsp3) is 0.250. The van der Waals surface area contributed by atoms with Crippen LogP contribution in [0.3, 0.4) is 0 Å². The number of rotatable bonds is 9. The van der Waals surface area contributed by atoms with Crippen molar-refractivity contribution in [2.24, 2.45) is 0 Å². The van der Waals surface area contributed by atoms with Crippen LogP contribution in [-0.2, 0) is 17.6 Å². The Morgan fingerprint density at radius 3 is 2.14 bits per heavy atom. The number of furan rings is 1. The molecule has 0 aliphatic heterocycles. The lowest BCUT2D eigenvalue weighted by molar-refractivity contribution is -0.123. The number of nitrogens with one attached hydrogen (secondary N) is 2. The number of carbonyl (C=O) groups excluding carboxylic acids is 2. The van der Waals surface area contributed by atoms with Crippen LogP contribution in [0.1, 0.15) is 35.0 Å². The third-order valence-electron chi connectivity index (χ3n) is 4.75. The highest BCUT2D eigenvalue weighted by Gasteiger charge is 2.24. The van der Waals surface area contributed by atoms with E-state index in [-0.39, 0.29) is 17.7 Å². The van der Waals surface area contributed by atoms with Crippen LogP contribution >= 0.6 is 0 Å². The van der Waals surface area contributed by atoms with Gasteiger partial charge in [0, 0.05) is 12.5 Å². The summed E-state index contributed by atoms with van der Waals surface area (Å²) in [6.45, 7) is 1.98. The molecule has 0 aliphatic carbocycles. The molecule has 0 saturated carbocycles. The summed E-state index contributed by atoms with van der Waals surface area (Å²) in [7, 11) is 0. The predicted octanol–water partition coefficient (Wildman–Crippen LogP) is 3.76. The SMILES string of the molecule is CC(CCc1ccccc1)NC(=O)C(Cc1ccccc1)NC(=O)c1ccco1. The van der Waals surface area contributed by atoms with Crippen molar-refractivity contribution in [1.29, 1.82) is 0 Å². The van der Waals surface area contributed by atoms with E-state index in [2.05, 4.69) is 22.8 Å². The Kier molecular flexibility index (Phi) is 7.22. The second-order valence-corrected chi connectivity index (χ2v) is 7.13. The molecule has 0 saturated heterocycles. The summed E-state index contributed by atoms with van der Waals surface area (Å²) < 4.78 is 5.15. The maximum Gasteiger partial charge on any atom is 0.287 e. The highest BCUT2D eigenvalue weighted by Crippen LogP contribution is 2.08. The maximum atomic E-state index is 12.9. The molecule has 0 fully saturated rings. The van der Waals surface area contributed by atoms with Gasteiger partial charge in [0.1, 0.15) is 6.04 Å². The first-order valence-corrected chi connectivity index (χ1v) is 9.84. The van der Waals surface area contributed by atoms with E-state index < -0.39 is 11.9 Å². The zero-order valence-corrected chi connectivity index (χ0v) is 16.5. The zero-order valence-electron chi connectivity index (χ0n) is 16.5. The Labute approximate surface area is 171 Å². The van der Waals surface area contributed by atoms with Crippen molar-refractivity contribution in [3.05, 3.63) is 95.9 Å². The highest BCUT2D eigenvalue weighted by molar-refractivity contribution is 5.95. The molecule has 5 nitrogen and oxygen atoms in total. The summed E-state index contributed by atoms with van der Waals surface area (Å²) >= 11 is 0. The average molecular weight is 390 g/mol. The first-order valence-electron chi connectivity index (χ1n) is 9.84. The molecule has 2 aromatic carbocycles. The van der Waals surface area contributed by atoms with E-state index >= 15 is 0 Å². The Morgan fingerprint density at radius 1 is 0.862 bits per heavy atom. The molecule has 3 aromatic rings. The van der Waals surface area contributed by atoms with Gasteiger partial charge in [-0.1, -0.05) is 60.7 Å². The van der Waals surface area contributed by atoms with Gasteiger partial charge in [0.05, 0.1) is 6.26 Å². The zero-order chi connectivity index (χ0) is 20.5. The highest BCUT2D eigenvalue weighted by atomic mass is 16.3. The van der Waals surface area contributed by atoms with Crippen LogP contribution in [0.4, 0.5) is 0 Å². The third-order valence-corrected chi connectivity index (χ3v) is 4.75. The van der Waals surface area contributed by atoms with Crippen molar-refractivity contribution in [3.8, 4) is 0 Å². The van der Waals surface area contributed by atoms with Crippen molar-refractivity contribution in [2.45, 2.75) is 38.3 Å². The van der Waals surface area contributed by atoms with Gasteiger partial charge in [-0.05, 0) is 43.0 Å². The van der Waals surface area contributed by atoms with Crippen LogP contribution in [-0.4, -0.2) is 23.9 Å². The van der Waals surface area contributed by atoms with E-state index in [9.17, 15) is 9.59 Å². The molecule has 2 atom stereocenters. The summed E-state index contributed by atoms with van der Waals surface area (Å²) in [6.07, 6.45) is 3.54. The molecule has 0 aliphatic rings. The number of benzene rings is 2. The van der Waals surface area contributed by atoms with Gasteiger partial charge in [-0.3, -0.25) is 9.59 Å². The molecule has 1 aromatic heterocycles. The second-order valence-electron chi connectivity index (χ2n) is 7.13. The van der Waals surface area contributed by atoms with Crippen LogP contribution in [0.25, 0.3) is 0 Å². The molecular weight excluding hydrogens is 364 g/mol. The molecule has 2 N–H and O–H groups in total. The minimum atomic E-state index is -0.686. The third kappa shape index (κ3) is 6.35. The lowest BCUT2D eigenvalue weighted by Crippen LogP contribution is -2.50. The molecule has 5 heteroatoms. The summed E-state index contributed by atoms with van der Waals surface area (Å²) in [5, 5.41) is 5.84. The lowest BCUT2D eigenvalue weighted by atomic mass is 10.0. The van der Waals surface area contributed by atoms with Gasteiger partial charge >= 0.3 is 0 Å². The van der Waals surface area contributed by atoms with Gasteiger partial charge in [0.2, 0.25) is 5.91 Å². The van der Waals surface area contributed by atoms with Crippen molar-refractivity contribution in [2.75, 3.05) is 0 Å². The van der Waals surface area contributed by atoms with Gasteiger partial charge < -0.3 is 15.1 Å². The van der Waals surface area contributed by atoms with E-state index in [1.807, 2.05) is 55.5 Å². The summed E-state index contributed by atoms with van der Waals surface area (Å²) in [4.78, 5) is 25.3. The van der Waals surface area contributed by atoms with Gasteiger partial charge in [0.25, 0.3) is 5.91 Å². The quantitative estimate of drug-likeness (QED) is 0.584. The predicted molar refractivity (Wildman–Crippen MR) is 112 cm³/mol. The minimum absolute atomic E-state index is 0.0125. The van der Waals surface area contributed by atoms with Crippen molar-refractivity contribution >= 4 is 11.8 Å². The second kappa shape index (κ2) is 10.3. The molecule has 3 rings (SSSR count). The summed E-state index contributed by atoms with van der Waals surface area (Å²) in [5.41, 5.74) is 2.21. The molecule has 2 amide bonds. The number of carbonyl (C=O) groups is 2. The van der Waals surface area contributed by atoms with Gasteiger partial charge in [-0.2, -0.15) is 0 Å². The molecule has 2 unspecified atom stereocenters. The van der Waals surface area contributed by atoms with Gasteiger partial charge in [-0.15, -0.1) is 0 Å². The minimum Gasteiger partial charge on any atom is -0.459 e. The first kappa shape index (κ1) is 20.4. The van der Waals surface area contributed by atoms with E-state index in [1.165, 1.54) is 11.8 Å². The number of amides is 2. The Hall–Kier alpha value is -3.34. The molecule has 0 spiro atoms. The molecule has 29 heavy (non-hydrogen) atoms. The monoisotopic (exact) mass is 390 g/mol. The van der Waals surface area contributed by atoms with Gasteiger partial charge in [-0.25, -0.2) is 0 Å². The Morgan fingerprint density at radius 2 is 1.52 bits per heavy atom.